The van der Waals surface area contributed by atoms with Crippen molar-refractivity contribution in [1.29, 1.82) is 0 Å². The predicted octanol–water partition coefficient (Wildman–Crippen LogP) is 3.48. The quantitative estimate of drug-likeness (QED) is 0.760. The molecule has 0 aromatic heterocycles. The molecule has 22 heavy (non-hydrogen) atoms. The first kappa shape index (κ1) is 18.9. The number of hydrogen-bond donors (Lipinski definition) is 1. The predicted molar refractivity (Wildman–Crippen MR) is 85.1 cm³/mol. The fourth-order valence-corrected chi connectivity index (χ4v) is 2.96. The van der Waals surface area contributed by atoms with E-state index in [0.717, 1.165) is 12.8 Å². The lowest BCUT2D eigenvalue weighted by Gasteiger charge is -2.54. The SMILES string of the molecule is CCCCC(C(=O)O)C(=O)ON1CCC(C)C(C)(C)C1(C)C. The second-order valence-corrected chi connectivity index (χ2v) is 7.52. The topological polar surface area (TPSA) is 66.8 Å². The molecule has 1 N–H and O–H groups in total. The van der Waals surface area contributed by atoms with Crippen molar-refractivity contribution < 1.29 is 19.5 Å². The van der Waals surface area contributed by atoms with Crippen molar-refractivity contribution in [2.45, 2.75) is 72.8 Å². The zero-order chi connectivity index (χ0) is 17.1. The molecule has 1 aliphatic rings. The lowest BCUT2D eigenvalue weighted by molar-refractivity contribution is -0.259. The van der Waals surface area contributed by atoms with Crippen molar-refractivity contribution in [2.24, 2.45) is 17.3 Å². The zero-order valence-corrected chi connectivity index (χ0v) is 14.8. The van der Waals surface area contributed by atoms with Crippen molar-refractivity contribution in [2.75, 3.05) is 6.54 Å². The van der Waals surface area contributed by atoms with Gasteiger partial charge in [-0.25, -0.2) is 4.79 Å². The number of unbranched alkanes of at least 4 members (excludes halogenated alkanes) is 1. The molecule has 0 aromatic carbocycles. The van der Waals surface area contributed by atoms with E-state index in [1.54, 1.807) is 5.06 Å². The number of rotatable bonds is 6. The van der Waals surface area contributed by atoms with Crippen molar-refractivity contribution in [3.05, 3.63) is 0 Å². The van der Waals surface area contributed by atoms with E-state index in [2.05, 4.69) is 34.6 Å². The summed E-state index contributed by atoms with van der Waals surface area (Å²) in [6.45, 7) is 13.3. The van der Waals surface area contributed by atoms with Gasteiger partial charge < -0.3 is 9.94 Å². The molecule has 0 saturated carbocycles. The van der Waals surface area contributed by atoms with Crippen LogP contribution in [0.25, 0.3) is 0 Å². The maximum Gasteiger partial charge on any atom is 0.339 e. The van der Waals surface area contributed by atoms with Gasteiger partial charge in [-0.3, -0.25) is 4.79 Å². The van der Waals surface area contributed by atoms with Crippen LogP contribution in [0.5, 0.6) is 0 Å². The van der Waals surface area contributed by atoms with Gasteiger partial charge in [-0.2, -0.15) is 0 Å². The van der Waals surface area contributed by atoms with Gasteiger partial charge in [-0.15, -0.1) is 5.06 Å². The molecule has 0 amide bonds. The fraction of sp³-hybridized carbons (Fsp3) is 0.882. The molecule has 5 nitrogen and oxygen atoms in total. The number of piperidine rings is 1. The molecule has 0 radical (unpaired) electrons. The highest BCUT2D eigenvalue weighted by Crippen LogP contribution is 2.47. The van der Waals surface area contributed by atoms with Gasteiger partial charge in [0.2, 0.25) is 0 Å². The van der Waals surface area contributed by atoms with Crippen LogP contribution in [0.2, 0.25) is 0 Å². The lowest BCUT2D eigenvalue weighted by Crippen LogP contribution is -2.61. The summed E-state index contributed by atoms with van der Waals surface area (Å²) in [4.78, 5) is 29.1. The minimum Gasteiger partial charge on any atom is -0.481 e. The Bertz CT molecular complexity index is 417. The van der Waals surface area contributed by atoms with Crippen LogP contribution in [0.3, 0.4) is 0 Å². The van der Waals surface area contributed by atoms with Gasteiger partial charge in [0.25, 0.3) is 0 Å². The molecule has 128 valence electrons. The standard InChI is InChI=1S/C17H31NO4/c1-7-8-9-13(14(19)20)15(21)22-18-11-10-12(2)16(3,4)17(18,5)6/h12-13H,7-11H2,1-6H3,(H,19,20). The smallest absolute Gasteiger partial charge is 0.339 e. The number of hydrogen-bond acceptors (Lipinski definition) is 4. The lowest BCUT2D eigenvalue weighted by atomic mass is 9.63. The van der Waals surface area contributed by atoms with E-state index in [9.17, 15) is 14.7 Å². The maximum atomic E-state index is 12.3. The van der Waals surface area contributed by atoms with Crippen LogP contribution in [-0.4, -0.2) is 34.2 Å². The van der Waals surface area contributed by atoms with E-state index in [1.807, 2.05) is 6.92 Å². The summed E-state index contributed by atoms with van der Waals surface area (Å²) >= 11 is 0. The molecule has 0 aromatic rings. The Hall–Kier alpha value is -1.10. The van der Waals surface area contributed by atoms with Gasteiger partial charge in [-0.1, -0.05) is 40.5 Å². The minimum absolute atomic E-state index is 0.0341. The third-order valence-electron chi connectivity index (χ3n) is 5.83. The van der Waals surface area contributed by atoms with Crippen LogP contribution < -0.4 is 0 Å². The summed E-state index contributed by atoms with van der Waals surface area (Å²) in [5, 5.41) is 10.9. The van der Waals surface area contributed by atoms with Gasteiger partial charge in [0.05, 0.1) is 5.54 Å². The Balaban J connectivity index is 2.84. The van der Waals surface area contributed by atoms with E-state index in [4.69, 9.17) is 4.84 Å². The van der Waals surface area contributed by atoms with Crippen molar-refractivity contribution in [3.63, 3.8) is 0 Å². The Morgan fingerprint density at radius 2 is 1.91 bits per heavy atom. The summed E-state index contributed by atoms with van der Waals surface area (Å²) in [6, 6.07) is 0. The van der Waals surface area contributed by atoms with Gasteiger partial charge in [0.15, 0.2) is 5.92 Å². The van der Waals surface area contributed by atoms with Crippen LogP contribution in [0, 0.1) is 17.3 Å². The molecule has 2 unspecified atom stereocenters. The number of hydroxylamine groups is 2. The second-order valence-electron chi connectivity index (χ2n) is 7.52. The van der Waals surface area contributed by atoms with Crippen LogP contribution in [-0.2, 0) is 14.4 Å². The van der Waals surface area contributed by atoms with Crippen LogP contribution in [0.15, 0.2) is 0 Å². The first-order valence-electron chi connectivity index (χ1n) is 8.28. The Morgan fingerprint density at radius 3 is 2.41 bits per heavy atom. The highest BCUT2D eigenvalue weighted by Gasteiger charge is 2.50. The summed E-state index contributed by atoms with van der Waals surface area (Å²) in [5.74, 6) is -2.30. The molecule has 1 saturated heterocycles. The fourth-order valence-electron chi connectivity index (χ4n) is 2.96. The van der Waals surface area contributed by atoms with Crippen molar-refractivity contribution >= 4 is 11.9 Å². The zero-order valence-electron chi connectivity index (χ0n) is 14.8. The Labute approximate surface area is 134 Å². The first-order valence-corrected chi connectivity index (χ1v) is 8.28. The molecule has 1 aliphatic heterocycles. The van der Waals surface area contributed by atoms with E-state index >= 15 is 0 Å². The highest BCUT2D eigenvalue weighted by molar-refractivity contribution is 5.93. The molecule has 2 atom stereocenters. The molecular weight excluding hydrogens is 282 g/mol. The Morgan fingerprint density at radius 1 is 1.32 bits per heavy atom. The van der Waals surface area contributed by atoms with Gasteiger partial charge >= 0.3 is 11.9 Å². The summed E-state index contributed by atoms with van der Waals surface area (Å²) in [6.07, 6.45) is 2.82. The van der Waals surface area contributed by atoms with Gasteiger partial charge in [-0.05, 0) is 38.0 Å². The third-order valence-corrected chi connectivity index (χ3v) is 5.83. The van der Waals surface area contributed by atoms with Crippen LogP contribution >= 0.6 is 0 Å². The summed E-state index contributed by atoms with van der Waals surface area (Å²) in [7, 11) is 0. The number of carboxylic acid groups (broad SMARTS) is 1. The molecule has 5 heteroatoms. The van der Waals surface area contributed by atoms with Crippen LogP contribution in [0.4, 0.5) is 0 Å². The number of aliphatic carboxylic acids is 1. The largest absolute Gasteiger partial charge is 0.481 e. The monoisotopic (exact) mass is 313 g/mol. The molecule has 0 spiro atoms. The van der Waals surface area contributed by atoms with Crippen LogP contribution in [0.1, 0.15) is 67.2 Å². The number of carbonyl (C=O) groups is 2. The third kappa shape index (κ3) is 3.62. The normalized spacial score (nSPS) is 25.5. The van der Waals surface area contributed by atoms with Gasteiger partial charge in [0, 0.05) is 6.54 Å². The molecule has 1 rings (SSSR count). The van der Waals surface area contributed by atoms with E-state index in [-0.39, 0.29) is 11.0 Å². The van der Waals surface area contributed by atoms with Crippen molar-refractivity contribution in [3.8, 4) is 0 Å². The second kappa shape index (κ2) is 6.99. The highest BCUT2D eigenvalue weighted by atomic mass is 16.7. The number of carbonyl (C=O) groups excluding carboxylic acids is 1. The number of carboxylic acids is 1. The summed E-state index contributed by atoms with van der Waals surface area (Å²) in [5.41, 5.74) is -0.373. The van der Waals surface area contributed by atoms with Gasteiger partial charge in [0.1, 0.15) is 0 Å². The van der Waals surface area contributed by atoms with Crippen molar-refractivity contribution in [1.82, 2.24) is 5.06 Å². The van der Waals surface area contributed by atoms with E-state index in [1.165, 1.54) is 0 Å². The average Bonchev–Trinajstić information content (AvgIpc) is 2.41. The Kier molecular flexibility index (Phi) is 6.02. The average molecular weight is 313 g/mol. The molecule has 0 aliphatic carbocycles. The van der Waals surface area contributed by atoms with E-state index < -0.39 is 17.9 Å². The summed E-state index contributed by atoms with van der Waals surface area (Å²) < 4.78 is 0. The molecule has 1 fully saturated rings. The molecule has 1 heterocycles. The maximum absolute atomic E-state index is 12.3. The minimum atomic E-state index is -1.10. The molecule has 0 bridgehead atoms. The molecular formula is C17H31NO4. The van der Waals surface area contributed by atoms with E-state index in [0.29, 0.717) is 25.3 Å². The first-order chi connectivity index (χ1) is 10.1. The number of nitrogens with zero attached hydrogens (tertiary/aromatic N) is 1.